The molecule has 6 nitrogen and oxygen atoms in total. The topological polar surface area (TPSA) is 74.8 Å². The van der Waals surface area contributed by atoms with Crippen molar-refractivity contribution in [2.75, 3.05) is 39.9 Å². The van der Waals surface area contributed by atoms with Crippen LogP contribution in [-0.2, 0) is 16.0 Å². The molecule has 1 rings (SSSR count). The molecule has 0 aromatic heterocycles. The first-order chi connectivity index (χ1) is 12.6. The molecule has 1 amide bonds. The van der Waals surface area contributed by atoms with Crippen LogP contribution < -0.4 is 16.0 Å². The van der Waals surface area contributed by atoms with Gasteiger partial charge in [-0.2, -0.15) is 0 Å². The average molecular weight is 490 g/mol. The summed E-state index contributed by atoms with van der Waals surface area (Å²) in [5.41, 5.74) is 2.72. The number of nitrogens with one attached hydrogen (secondary N) is 3. The minimum Gasteiger partial charge on any atom is -0.383 e. The fourth-order valence-electron chi connectivity index (χ4n) is 2.41. The zero-order chi connectivity index (χ0) is 19.2. The molecule has 0 aliphatic rings. The van der Waals surface area contributed by atoms with E-state index in [4.69, 9.17) is 4.74 Å². The van der Waals surface area contributed by atoms with Gasteiger partial charge in [0.25, 0.3) is 0 Å². The summed E-state index contributed by atoms with van der Waals surface area (Å²) in [6.45, 7) is 9.10. The molecule has 0 atom stereocenters. The van der Waals surface area contributed by atoms with Crippen molar-refractivity contribution in [1.29, 1.82) is 0 Å². The smallest absolute Gasteiger partial charge is 0.241 e. The van der Waals surface area contributed by atoms with E-state index in [-0.39, 0.29) is 36.4 Å². The number of guanidine groups is 1. The van der Waals surface area contributed by atoms with Crippen LogP contribution in [0.4, 0.5) is 0 Å². The second-order valence-electron chi connectivity index (χ2n) is 6.46. The molecular formula is C20H35IN4O2. The van der Waals surface area contributed by atoms with Gasteiger partial charge < -0.3 is 20.7 Å². The van der Waals surface area contributed by atoms with Gasteiger partial charge in [0, 0.05) is 26.7 Å². The van der Waals surface area contributed by atoms with Gasteiger partial charge in [-0.15, -0.1) is 24.0 Å². The van der Waals surface area contributed by atoms with Crippen LogP contribution in [0.3, 0.4) is 0 Å². The number of rotatable bonds is 11. The Morgan fingerprint density at radius 2 is 1.81 bits per heavy atom. The molecule has 1 aromatic rings. The first kappa shape index (κ1) is 25.6. The molecule has 0 spiro atoms. The SMILES string of the molecule is CCNC(=NCC(=O)NCCOC)NCCCc1ccc(C(C)C)cc1.I. The Hall–Kier alpha value is -1.35. The highest BCUT2D eigenvalue weighted by molar-refractivity contribution is 14.0. The molecule has 0 fully saturated rings. The van der Waals surface area contributed by atoms with E-state index < -0.39 is 0 Å². The summed E-state index contributed by atoms with van der Waals surface area (Å²) >= 11 is 0. The number of methoxy groups -OCH3 is 1. The van der Waals surface area contributed by atoms with Gasteiger partial charge in [-0.05, 0) is 36.8 Å². The lowest BCUT2D eigenvalue weighted by Gasteiger charge is -2.11. The van der Waals surface area contributed by atoms with Gasteiger partial charge in [-0.3, -0.25) is 4.79 Å². The van der Waals surface area contributed by atoms with E-state index >= 15 is 0 Å². The van der Waals surface area contributed by atoms with Crippen molar-refractivity contribution in [3.63, 3.8) is 0 Å². The Bertz CT molecular complexity index is 547. The molecule has 0 heterocycles. The van der Waals surface area contributed by atoms with Crippen LogP contribution in [0, 0.1) is 0 Å². The van der Waals surface area contributed by atoms with Crippen LogP contribution in [0.1, 0.15) is 44.2 Å². The maximum atomic E-state index is 11.7. The fraction of sp³-hybridized carbons (Fsp3) is 0.600. The lowest BCUT2D eigenvalue weighted by atomic mass is 10.0. The van der Waals surface area contributed by atoms with E-state index in [0.29, 0.717) is 25.0 Å². The number of hydrogen-bond acceptors (Lipinski definition) is 3. The number of halogens is 1. The summed E-state index contributed by atoms with van der Waals surface area (Å²) in [5, 5.41) is 9.19. The molecule has 0 unspecified atom stereocenters. The minimum atomic E-state index is -0.107. The first-order valence-electron chi connectivity index (χ1n) is 9.43. The maximum absolute atomic E-state index is 11.7. The Morgan fingerprint density at radius 1 is 1.11 bits per heavy atom. The molecule has 0 aliphatic heterocycles. The zero-order valence-electron chi connectivity index (χ0n) is 17.0. The van der Waals surface area contributed by atoms with Crippen molar-refractivity contribution in [2.24, 2.45) is 4.99 Å². The van der Waals surface area contributed by atoms with Gasteiger partial charge in [-0.25, -0.2) is 4.99 Å². The number of nitrogens with zero attached hydrogens (tertiary/aromatic N) is 1. The summed E-state index contributed by atoms with van der Waals surface area (Å²) in [7, 11) is 1.61. The number of amides is 1. The van der Waals surface area contributed by atoms with Gasteiger partial charge in [0.1, 0.15) is 6.54 Å². The van der Waals surface area contributed by atoms with Gasteiger partial charge in [0.15, 0.2) is 5.96 Å². The predicted molar refractivity (Wildman–Crippen MR) is 123 cm³/mol. The van der Waals surface area contributed by atoms with Gasteiger partial charge in [0.2, 0.25) is 5.91 Å². The summed E-state index contributed by atoms with van der Waals surface area (Å²) in [6.07, 6.45) is 2.02. The highest BCUT2D eigenvalue weighted by atomic mass is 127. The quantitative estimate of drug-likeness (QED) is 0.193. The molecule has 154 valence electrons. The summed E-state index contributed by atoms with van der Waals surface area (Å²) < 4.78 is 4.90. The Kier molecular flexibility index (Phi) is 14.9. The predicted octanol–water partition coefficient (Wildman–Crippen LogP) is 2.68. The lowest BCUT2D eigenvalue weighted by molar-refractivity contribution is -0.119. The van der Waals surface area contributed by atoms with Crippen molar-refractivity contribution >= 4 is 35.8 Å². The monoisotopic (exact) mass is 490 g/mol. The molecule has 0 radical (unpaired) electrons. The average Bonchev–Trinajstić information content (AvgIpc) is 2.63. The van der Waals surface area contributed by atoms with E-state index in [1.807, 2.05) is 6.92 Å². The van der Waals surface area contributed by atoms with Crippen LogP contribution in [0.5, 0.6) is 0 Å². The Morgan fingerprint density at radius 3 is 2.41 bits per heavy atom. The molecular weight excluding hydrogens is 455 g/mol. The van der Waals surface area contributed by atoms with Crippen molar-refractivity contribution in [1.82, 2.24) is 16.0 Å². The van der Waals surface area contributed by atoms with Gasteiger partial charge >= 0.3 is 0 Å². The summed E-state index contributed by atoms with van der Waals surface area (Å²) in [5.74, 6) is 1.13. The number of hydrogen-bond donors (Lipinski definition) is 3. The van der Waals surface area contributed by atoms with Crippen LogP contribution in [0.25, 0.3) is 0 Å². The summed E-state index contributed by atoms with van der Waals surface area (Å²) in [6, 6.07) is 8.83. The third-order valence-electron chi connectivity index (χ3n) is 3.93. The number of carbonyl (C=O) groups is 1. The second-order valence-corrected chi connectivity index (χ2v) is 6.46. The lowest BCUT2D eigenvalue weighted by Crippen LogP contribution is -2.39. The van der Waals surface area contributed by atoms with Crippen molar-refractivity contribution < 1.29 is 9.53 Å². The molecule has 1 aromatic carbocycles. The number of benzene rings is 1. The first-order valence-corrected chi connectivity index (χ1v) is 9.43. The van der Waals surface area contributed by atoms with Crippen LogP contribution >= 0.6 is 24.0 Å². The number of aliphatic imine (C=N–C) groups is 1. The van der Waals surface area contributed by atoms with E-state index in [1.165, 1.54) is 11.1 Å². The molecule has 0 saturated heterocycles. The van der Waals surface area contributed by atoms with Gasteiger partial charge in [-0.1, -0.05) is 38.1 Å². The van der Waals surface area contributed by atoms with E-state index in [0.717, 1.165) is 25.9 Å². The Labute approximate surface area is 181 Å². The molecule has 3 N–H and O–H groups in total. The van der Waals surface area contributed by atoms with Crippen molar-refractivity contribution in [2.45, 2.75) is 39.5 Å². The largest absolute Gasteiger partial charge is 0.383 e. The number of carbonyl (C=O) groups excluding carboxylic acids is 1. The van der Waals surface area contributed by atoms with Crippen molar-refractivity contribution in [3.05, 3.63) is 35.4 Å². The minimum absolute atomic E-state index is 0. The van der Waals surface area contributed by atoms with E-state index in [1.54, 1.807) is 7.11 Å². The van der Waals surface area contributed by atoms with Crippen LogP contribution in [0.2, 0.25) is 0 Å². The molecule has 0 bridgehead atoms. The standard InChI is InChI=1S/C20H34N4O2.HI/c1-5-21-20(24-15-19(25)22-13-14-26-4)23-12-6-7-17-8-10-18(11-9-17)16(2)3;/h8-11,16H,5-7,12-15H2,1-4H3,(H,22,25)(H2,21,23,24);1H. The Balaban J connectivity index is 0.00000676. The van der Waals surface area contributed by atoms with Crippen LogP contribution in [0.15, 0.2) is 29.3 Å². The van der Waals surface area contributed by atoms with Crippen LogP contribution in [-0.4, -0.2) is 51.8 Å². The van der Waals surface area contributed by atoms with E-state index in [2.05, 4.69) is 59.1 Å². The van der Waals surface area contributed by atoms with Gasteiger partial charge in [0.05, 0.1) is 6.61 Å². The number of aryl methyl sites for hydroxylation is 1. The molecule has 0 aliphatic carbocycles. The highest BCUT2D eigenvalue weighted by Crippen LogP contribution is 2.15. The third-order valence-corrected chi connectivity index (χ3v) is 3.93. The highest BCUT2D eigenvalue weighted by Gasteiger charge is 2.02. The summed E-state index contributed by atoms with van der Waals surface area (Å²) in [4.78, 5) is 16.0. The number of ether oxygens (including phenoxy) is 1. The normalized spacial score (nSPS) is 11.1. The molecule has 27 heavy (non-hydrogen) atoms. The second kappa shape index (κ2) is 15.7. The maximum Gasteiger partial charge on any atom is 0.241 e. The van der Waals surface area contributed by atoms with Crippen molar-refractivity contribution in [3.8, 4) is 0 Å². The third kappa shape index (κ3) is 11.9. The zero-order valence-corrected chi connectivity index (χ0v) is 19.3. The molecule has 0 saturated carbocycles. The van der Waals surface area contributed by atoms with E-state index in [9.17, 15) is 4.79 Å². The fourth-order valence-corrected chi connectivity index (χ4v) is 2.41. The molecule has 7 heteroatoms.